The Morgan fingerprint density at radius 3 is 2.17 bits per heavy atom. The lowest BCUT2D eigenvalue weighted by Gasteiger charge is -2.34. The van der Waals surface area contributed by atoms with Crippen LogP contribution in [0.15, 0.2) is 36.4 Å². The van der Waals surface area contributed by atoms with Gasteiger partial charge in [-0.25, -0.2) is 14.4 Å². The molecule has 19 heteroatoms. The first-order chi connectivity index (χ1) is 38.0. The molecule has 7 rings (SSSR count). The summed E-state index contributed by atoms with van der Waals surface area (Å²) in [5.74, 6) is -4.67. The lowest BCUT2D eigenvalue weighted by molar-refractivity contribution is -0.158. The molecular weight excluding hydrogens is 1040 g/mol. The number of amides is 3. The zero-order chi connectivity index (χ0) is 59.6. The first-order valence-electron chi connectivity index (χ1n) is 28.8. The fraction of sp³-hybridized carbons (Fsp3) is 0.677. The maximum absolute atomic E-state index is 13.9. The number of carboxylic acid groups (broad SMARTS) is 1. The number of fused-ring (bicyclic) bond motifs is 4. The van der Waals surface area contributed by atoms with Gasteiger partial charge in [-0.15, -0.1) is 0 Å². The fourth-order valence-corrected chi connectivity index (χ4v) is 11.5. The molecule has 5 aliphatic rings. The van der Waals surface area contributed by atoms with Gasteiger partial charge >= 0.3 is 42.0 Å². The smallest absolute Gasteiger partial charge is 0.410 e. The summed E-state index contributed by atoms with van der Waals surface area (Å²) >= 11 is 0. The summed E-state index contributed by atoms with van der Waals surface area (Å²) < 4.78 is 32.5. The van der Waals surface area contributed by atoms with Gasteiger partial charge in [-0.2, -0.15) is 0 Å². The maximum atomic E-state index is 13.9. The van der Waals surface area contributed by atoms with Crippen molar-refractivity contribution in [2.24, 2.45) is 33.5 Å². The number of aliphatic carboxylic acids is 1. The van der Waals surface area contributed by atoms with E-state index in [0.29, 0.717) is 39.1 Å². The minimum absolute atomic E-state index is 0.0606. The third-order valence-corrected chi connectivity index (χ3v) is 16.6. The Morgan fingerprint density at radius 1 is 0.827 bits per heavy atom. The summed E-state index contributed by atoms with van der Waals surface area (Å²) in [4.78, 5) is 106. The van der Waals surface area contributed by atoms with Gasteiger partial charge in [0.25, 0.3) is 0 Å². The van der Waals surface area contributed by atoms with E-state index in [0.717, 1.165) is 62.5 Å². The average Bonchev–Trinajstić information content (AvgIpc) is 4.38. The molecule has 448 valence electrons. The number of ether oxygens (including phenoxy) is 6. The standard InChI is InChI=1S/C31H46N2O8.C31H44N2O7/c1-30(2,3)24(27(35)36)15-26(34)40-19-31(4,5)13-8-7-10-20-11-9-12-21-17-33(18-23(20)21)29(38)41-22-14-25(32-16-22)28(37)39-6;1-30(2,3)24-15-26(34)39-19-31(4,5)13-8-7-10-20-11-9-12-21-16-32(18-23(20)21)29(37)40-22-14-25(28(36)38-6)33(17-22)27(24)35/h9,11-12,22,24-25,32H,7-8,10,13-19H2,1-6H3,(H,35,36);9,11-12,22,24-25H,7-8,10,13-19H2,1-6H3/t2*22?,24-,25+/m11/s1. The Kier molecular flexibility index (Phi) is 21.5. The van der Waals surface area contributed by atoms with Crippen LogP contribution in [0.4, 0.5) is 9.59 Å². The zero-order valence-corrected chi connectivity index (χ0v) is 50.1. The first kappa shape index (κ1) is 63.9. The van der Waals surface area contributed by atoms with Gasteiger partial charge in [0.15, 0.2) is 0 Å². The van der Waals surface area contributed by atoms with Gasteiger partial charge in [0.1, 0.15) is 24.3 Å². The van der Waals surface area contributed by atoms with E-state index >= 15 is 0 Å². The molecule has 0 aromatic heterocycles. The second kappa shape index (κ2) is 27.2. The van der Waals surface area contributed by atoms with Crippen LogP contribution in [-0.2, 0) is 96.2 Å². The summed E-state index contributed by atoms with van der Waals surface area (Å²) in [7, 11) is 2.62. The van der Waals surface area contributed by atoms with Gasteiger partial charge < -0.3 is 43.7 Å². The molecule has 2 saturated heterocycles. The summed E-state index contributed by atoms with van der Waals surface area (Å²) in [6.07, 6.45) is 5.85. The Balaban J connectivity index is 0.000000261. The number of benzene rings is 2. The number of methoxy groups -OCH3 is 2. The molecule has 2 aromatic rings. The number of nitrogens with one attached hydrogen (secondary N) is 1. The van der Waals surface area contributed by atoms with Gasteiger partial charge in [-0.1, -0.05) is 118 Å². The quantitative estimate of drug-likeness (QED) is 0.108. The van der Waals surface area contributed by atoms with Crippen LogP contribution >= 0.6 is 0 Å². The van der Waals surface area contributed by atoms with Gasteiger partial charge in [0, 0.05) is 45.6 Å². The largest absolute Gasteiger partial charge is 0.481 e. The highest BCUT2D eigenvalue weighted by Gasteiger charge is 2.47. The molecule has 5 aliphatic heterocycles. The van der Waals surface area contributed by atoms with Crippen LogP contribution in [0.1, 0.15) is 167 Å². The Morgan fingerprint density at radius 2 is 1.51 bits per heavy atom. The minimum Gasteiger partial charge on any atom is -0.481 e. The predicted molar refractivity (Wildman–Crippen MR) is 300 cm³/mol. The van der Waals surface area contributed by atoms with Crippen LogP contribution in [-0.4, -0.2) is 133 Å². The molecular formula is C62H90N4O15. The van der Waals surface area contributed by atoms with Crippen molar-refractivity contribution in [1.29, 1.82) is 0 Å². The number of esters is 4. The van der Waals surface area contributed by atoms with Crippen molar-refractivity contribution in [1.82, 2.24) is 20.0 Å². The maximum Gasteiger partial charge on any atom is 0.410 e. The van der Waals surface area contributed by atoms with Gasteiger partial charge in [0.05, 0.1) is 58.7 Å². The second-order valence-corrected chi connectivity index (χ2v) is 26.5. The summed E-state index contributed by atoms with van der Waals surface area (Å²) in [6, 6.07) is 11.0. The van der Waals surface area contributed by atoms with E-state index in [9.17, 15) is 43.5 Å². The van der Waals surface area contributed by atoms with E-state index in [-0.39, 0.29) is 73.9 Å². The van der Waals surface area contributed by atoms with E-state index in [2.05, 4.69) is 51.2 Å². The summed E-state index contributed by atoms with van der Waals surface area (Å²) in [5, 5.41) is 12.5. The predicted octanol–water partition coefficient (Wildman–Crippen LogP) is 9.09. The van der Waals surface area contributed by atoms with Crippen molar-refractivity contribution in [3.8, 4) is 0 Å². The van der Waals surface area contributed by atoms with E-state index in [4.69, 9.17) is 28.4 Å². The Hall–Kier alpha value is -6.24. The number of unbranched alkanes of at least 4 members (excludes halogenated alkanes) is 1. The van der Waals surface area contributed by atoms with E-state index in [1.54, 1.807) is 9.80 Å². The van der Waals surface area contributed by atoms with Gasteiger partial charge in [0.2, 0.25) is 5.91 Å². The number of hydrogen-bond donors (Lipinski definition) is 2. The van der Waals surface area contributed by atoms with Crippen LogP contribution in [0, 0.1) is 33.5 Å². The molecule has 6 atom stereocenters. The van der Waals surface area contributed by atoms with Crippen LogP contribution in [0.25, 0.3) is 0 Å². The van der Waals surface area contributed by atoms with Crippen LogP contribution < -0.4 is 5.32 Å². The highest BCUT2D eigenvalue weighted by Crippen LogP contribution is 2.37. The molecule has 0 saturated carbocycles. The number of nitrogens with zero attached hydrogens (tertiary/aromatic N) is 3. The molecule has 3 amide bonds. The van der Waals surface area contributed by atoms with Crippen molar-refractivity contribution >= 4 is 47.9 Å². The van der Waals surface area contributed by atoms with Crippen molar-refractivity contribution < 1.29 is 71.9 Å². The number of carbonyl (C=O) groups is 8. The number of hydrogen-bond acceptors (Lipinski definition) is 15. The molecule has 5 heterocycles. The first-order valence-corrected chi connectivity index (χ1v) is 28.8. The molecule has 0 radical (unpaired) electrons. The van der Waals surface area contributed by atoms with Crippen molar-refractivity contribution in [3.05, 3.63) is 69.8 Å². The fourth-order valence-electron chi connectivity index (χ4n) is 11.5. The zero-order valence-electron chi connectivity index (χ0n) is 50.1. The van der Waals surface area contributed by atoms with Crippen molar-refractivity contribution in [2.75, 3.05) is 40.5 Å². The molecule has 2 unspecified atom stereocenters. The highest BCUT2D eigenvalue weighted by atomic mass is 16.6. The lowest BCUT2D eigenvalue weighted by Crippen LogP contribution is -2.47. The number of aryl methyl sites for hydroxylation is 2. The van der Waals surface area contributed by atoms with Gasteiger partial charge in [-0.05, 0) is 93.6 Å². The molecule has 19 nitrogen and oxygen atoms in total. The number of cyclic esters (lactones) is 1. The van der Waals surface area contributed by atoms with Gasteiger partial charge in [-0.3, -0.25) is 33.8 Å². The molecule has 4 bridgehead atoms. The average molecular weight is 1130 g/mol. The highest BCUT2D eigenvalue weighted by molar-refractivity contribution is 5.89. The molecule has 0 aliphatic carbocycles. The Bertz CT molecular complexity index is 2600. The summed E-state index contributed by atoms with van der Waals surface area (Å²) in [6.45, 7) is 22.4. The second-order valence-electron chi connectivity index (χ2n) is 26.5. The third kappa shape index (κ3) is 17.6. The molecule has 81 heavy (non-hydrogen) atoms. The molecule has 0 spiro atoms. The third-order valence-electron chi connectivity index (χ3n) is 16.6. The minimum atomic E-state index is -0.985. The summed E-state index contributed by atoms with van der Waals surface area (Å²) in [5.41, 5.74) is 5.52. The van der Waals surface area contributed by atoms with Crippen LogP contribution in [0.5, 0.6) is 0 Å². The van der Waals surface area contributed by atoms with Crippen molar-refractivity contribution in [3.63, 3.8) is 0 Å². The monoisotopic (exact) mass is 1130 g/mol. The SMILES string of the molecule is COC(=O)[C@@H]1CC(OC(=O)N2Cc3cccc(CCCCC(C)(C)COC(=O)C[C@H](C(=O)O)C(C)(C)C)c3C2)CN1.COC(=O)[C@@H]1CC2CN1C(=O)[C@H](C(C)(C)C)CC(=O)OCC(C)(C)CCCCc1cccc3c1CN(C3)C(=O)O2. The topological polar surface area (TPSA) is 234 Å². The molecule has 2 fully saturated rings. The normalized spacial score (nSPS) is 22.8. The van der Waals surface area contributed by atoms with Crippen molar-refractivity contribution in [2.45, 2.75) is 197 Å². The van der Waals surface area contributed by atoms with E-state index in [1.807, 2.05) is 59.7 Å². The van der Waals surface area contributed by atoms with E-state index in [1.165, 1.54) is 41.4 Å². The number of carbonyl (C=O) groups excluding carboxylic acids is 7. The van der Waals surface area contributed by atoms with Crippen LogP contribution in [0.2, 0.25) is 0 Å². The van der Waals surface area contributed by atoms with Crippen LogP contribution in [0.3, 0.4) is 0 Å². The van der Waals surface area contributed by atoms with E-state index < -0.39 is 70.8 Å². The number of carboxylic acids is 1. The Labute approximate surface area is 478 Å². The molecule has 2 N–H and O–H groups in total. The number of rotatable bonds is 13. The lowest BCUT2D eigenvalue weighted by atomic mass is 9.77. The molecule has 2 aromatic carbocycles.